The van der Waals surface area contributed by atoms with E-state index in [1.54, 1.807) is 11.4 Å². The van der Waals surface area contributed by atoms with Gasteiger partial charge in [0, 0.05) is 11.1 Å². The smallest absolute Gasteiger partial charge is 0.416 e. The molecular formula is C29H26F3IN4O3S. The number of ether oxygens (including phenoxy) is 2. The van der Waals surface area contributed by atoms with Gasteiger partial charge in [-0.15, -0.1) is 11.3 Å². The SMILES string of the molecule is CCOc1cc(/C=N\NC(=O)Cc2csc(Nc3cccc(C(F)(F)F)c3)n2)cc(I)c1OCc1cccc(C)c1. The maximum absolute atomic E-state index is 12.9. The van der Waals surface area contributed by atoms with Gasteiger partial charge in [0.25, 0.3) is 0 Å². The Bertz CT molecular complexity index is 1540. The van der Waals surface area contributed by atoms with Crippen molar-refractivity contribution in [2.45, 2.75) is 33.1 Å². The first-order valence-corrected chi connectivity index (χ1v) is 14.4. The minimum atomic E-state index is -4.44. The fourth-order valence-electron chi connectivity index (χ4n) is 3.75. The van der Waals surface area contributed by atoms with Crippen LogP contribution in [-0.4, -0.2) is 23.7 Å². The summed E-state index contributed by atoms with van der Waals surface area (Å²) in [5.74, 6) is 0.811. The van der Waals surface area contributed by atoms with Gasteiger partial charge in [-0.2, -0.15) is 18.3 Å². The molecule has 1 aromatic heterocycles. The minimum Gasteiger partial charge on any atom is -0.490 e. The van der Waals surface area contributed by atoms with E-state index in [4.69, 9.17) is 9.47 Å². The zero-order valence-corrected chi connectivity index (χ0v) is 25.1. The van der Waals surface area contributed by atoms with Crippen molar-refractivity contribution in [1.29, 1.82) is 0 Å². The zero-order valence-electron chi connectivity index (χ0n) is 22.1. The molecule has 0 radical (unpaired) electrons. The molecule has 1 heterocycles. The van der Waals surface area contributed by atoms with Gasteiger partial charge in [0.05, 0.1) is 34.1 Å². The van der Waals surface area contributed by atoms with Crippen molar-refractivity contribution >= 4 is 56.9 Å². The third kappa shape index (κ3) is 8.92. The Morgan fingerprint density at radius 3 is 2.68 bits per heavy atom. The molecule has 12 heteroatoms. The molecule has 214 valence electrons. The van der Waals surface area contributed by atoms with Crippen LogP contribution in [0.15, 0.2) is 71.1 Å². The van der Waals surface area contributed by atoms with E-state index in [1.807, 2.05) is 38.1 Å². The van der Waals surface area contributed by atoms with Gasteiger partial charge < -0.3 is 14.8 Å². The van der Waals surface area contributed by atoms with Crippen LogP contribution in [0.3, 0.4) is 0 Å². The second-order valence-electron chi connectivity index (χ2n) is 8.86. The van der Waals surface area contributed by atoms with Gasteiger partial charge in [-0.1, -0.05) is 35.9 Å². The molecule has 4 aromatic rings. The number of aryl methyl sites for hydroxylation is 1. The van der Waals surface area contributed by atoms with E-state index in [1.165, 1.54) is 29.7 Å². The van der Waals surface area contributed by atoms with Gasteiger partial charge in [-0.3, -0.25) is 4.79 Å². The van der Waals surface area contributed by atoms with Crippen molar-refractivity contribution in [3.05, 3.63) is 97.6 Å². The molecule has 0 bridgehead atoms. The number of nitrogens with one attached hydrogen (secondary N) is 2. The van der Waals surface area contributed by atoms with Crippen LogP contribution in [0, 0.1) is 10.5 Å². The van der Waals surface area contributed by atoms with Crippen LogP contribution in [0.4, 0.5) is 24.0 Å². The molecule has 7 nitrogen and oxygen atoms in total. The lowest BCUT2D eigenvalue weighted by Crippen LogP contribution is -2.20. The third-order valence-electron chi connectivity index (χ3n) is 5.53. The molecular weight excluding hydrogens is 668 g/mol. The number of nitrogens with zero attached hydrogens (tertiary/aromatic N) is 2. The highest BCUT2D eigenvalue weighted by Crippen LogP contribution is 2.35. The Kier molecular flexibility index (Phi) is 10.2. The van der Waals surface area contributed by atoms with Gasteiger partial charge in [0.15, 0.2) is 16.6 Å². The molecule has 0 saturated carbocycles. The number of benzene rings is 3. The summed E-state index contributed by atoms with van der Waals surface area (Å²) in [6.45, 7) is 4.76. The van der Waals surface area contributed by atoms with Crippen LogP contribution in [0.1, 0.15) is 34.9 Å². The molecule has 0 saturated heterocycles. The highest BCUT2D eigenvalue weighted by atomic mass is 127. The maximum Gasteiger partial charge on any atom is 0.416 e. The number of hydrazone groups is 1. The first-order chi connectivity index (χ1) is 19.6. The van der Waals surface area contributed by atoms with Crippen molar-refractivity contribution in [2.24, 2.45) is 5.10 Å². The zero-order chi connectivity index (χ0) is 29.4. The van der Waals surface area contributed by atoms with Crippen molar-refractivity contribution in [3.63, 3.8) is 0 Å². The van der Waals surface area contributed by atoms with Crippen molar-refractivity contribution < 1.29 is 27.4 Å². The number of thiazole rings is 1. The lowest BCUT2D eigenvalue weighted by Gasteiger charge is -2.15. The summed E-state index contributed by atoms with van der Waals surface area (Å²) in [5, 5.41) is 8.93. The Morgan fingerprint density at radius 2 is 1.93 bits per heavy atom. The molecule has 3 aromatic carbocycles. The summed E-state index contributed by atoms with van der Waals surface area (Å²) in [4.78, 5) is 16.7. The molecule has 1 amide bonds. The monoisotopic (exact) mass is 694 g/mol. The summed E-state index contributed by atoms with van der Waals surface area (Å²) in [6.07, 6.45) is -2.98. The third-order valence-corrected chi connectivity index (χ3v) is 7.14. The molecule has 4 rings (SSSR count). The molecule has 0 aliphatic rings. The normalized spacial score (nSPS) is 11.5. The van der Waals surface area contributed by atoms with E-state index in [0.29, 0.717) is 41.1 Å². The van der Waals surface area contributed by atoms with E-state index >= 15 is 0 Å². The van der Waals surface area contributed by atoms with Gasteiger partial charge >= 0.3 is 6.18 Å². The van der Waals surface area contributed by atoms with E-state index < -0.39 is 17.6 Å². The van der Waals surface area contributed by atoms with Crippen molar-refractivity contribution in [3.8, 4) is 11.5 Å². The number of rotatable bonds is 11. The van der Waals surface area contributed by atoms with E-state index in [2.05, 4.69) is 49.5 Å². The number of aromatic nitrogens is 1. The number of anilines is 2. The number of hydrogen-bond donors (Lipinski definition) is 2. The molecule has 0 fully saturated rings. The second-order valence-corrected chi connectivity index (χ2v) is 10.9. The van der Waals surface area contributed by atoms with Crippen LogP contribution in [0.25, 0.3) is 0 Å². The lowest BCUT2D eigenvalue weighted by molar-refractivity contribution is -0.137. The van der Waals surface area contributed by atoms with Gasteiger partial charge in [0.2, 0.25) is 5.91 Å². The van der Waals surface area contributed by atoms with E-state index in [9.17, 15) is 18.0 Å². The van der Waals surface area contributed by atoms with Crippen LogP contribution < -0.4 is 20.2 Å². The summed E-state index contributed by atoms with van der Waals surface area (Å²) >= 11 is 3.36. The summed E-state index contributed by atoms with van der Waals surface area (Å²) in [5.41, 5.74) is 5.34. The van der Waals surface area contributed by atoms with Crippen LogP contribution in [0.2, 0.25) is 0 Å². The quantitative estimate of drug-likeness (QED) is 0.0967. The Labute approximate surface area is 252 Å². The Hall–Kier alpha value is -3.65. The number of hydrogen-bond acceptors (Lipinski definition) is 7. The van der Waals surface area contributed by atoms with Gasteiger partial charge in [0.1, 0.15) is 6.61 Å². The van der Waals surface area contributed by atoms with Crippen molar-refractivity contribution in [2.75, 3.05) is 11.9 Å². The number of halogens is 4. The highest BCUT2D eigenvalue weighted by Gasteiger charge is 2.30. The average Bonchev–Trinajstić information content (AvgIpc) is 3.34. The highest BCUT2D eigenvalue weighted by molar-refractivity contribution is 14.1. The fraction of sp³-hybridized carbons (Fsp3) is 0.207. The lowest BCUT2D eigenvalue weighted by atomic mass is 10.1. The molecule has 0 unspecified atom stereocenters. The molecule has 0 aliphatic carbocycles. The number of amides is 1. The van der Waals surface area contributed by atoms with Crippen LogP contribution >= 0.6 is 33.9 Å². The van der Waals surface area contributed by atoms with Gasteiger partial charge in [-0.05, 0) is 77.9 Å². The first kappa shape index (κ1) is 30.3. The second kappa shape index (κ2) is 13.8. The molecule has 0 aliphatic heterocycles. The fourth-order valence-corrected chi connectivity index (χ4v) is 5.26. The maximum atomic E-state index is 12.9. The molecule has 41 heavy (non-hydrogen) atoms. The number of carbonyl (C=O) groups excluding carboxylic acids is 1. The molecule has 0 spiro atoms. The first-order valence-electron chi connectivity index (χ1n) is 12.5. The minimum absolute atomic E-state index is 0.0500. The molecule has 2 N–H and O–H groups in total. The predicted octanol–water partition coefficient (Wildman–Crippen LogP) is 7.49. The standard InChI is InChI=1S/C29H26F3IN4O3S/c1-3-39-25-12-20(11-24(33)27(25)40-16-19-7-4-6-18(2)10-19)15-34-37-26(38)14-23-17-41-28(36-23)35-22-9-5-8-21(13-22)29(30,31)32/h4-13,15,17H,3,14,16H2,1-2H3,(H,35,36)(H,37,38)/b34-15-. The largest absolute Gasteiger partial charge is 0.490 e. The number of carbonyl (C=O) groups is 1. The summed E-state index contributed by atoms with van der Waals surface area (Å²) < 4.78 is 51.6. The Morgan fingerprint density at radius 1 is 1.12 bits per heavy atom. The van der Waals surface area contributed by atoms with Crippen LogP contribution in [0.5, 0.6) is 11.5 Å². The predicted molar refractivity (Wildman–Crippen MR) is 162 cm³/mol. The summed E-state index contributed by atoms with van der Waals surface area (Å²) in [6, 6.07) is 16.6. The van der Waals surface area contributed by atoms with E-state index in [0.717, 1.165) is 26.8 Å². The van der Waals surface area contributed by atoms with E-state index in [-0.39, 0.29) is 12.1 Å². The molecule has 0 atom stereocenters. The van der Waals surface area contributed by atoms with Crippen molar-refractivity contribution in [1.82, 2.24) is 10.4 Å². The average molecular weight is 695 g/mol. The Balaban J connectivity index is 1.34. The van der Waals surface area contributed by atoms with Gasteiger partial charge in [-0.25, -0.2) is 10.4 Å². The topological polar surface area (TPSA) is 84.8 Å². The number of alkyl halides is 3. The van der Waals surface area contributed by atoms with Crippen LogP contribution in [-0.2, 0) is 24.0 Å². The summed E-state index contributed by atoms with van der Waals surface area (Å²) in [7, 11) is 0.